The van der Waals surface area contributed by atoms with E-state index in [1.165, 1.54) is 23.3 Å². The molecule has 1 amide bonds. The van der Waals surface area contributed by atoms with Crippen molar-refractivity contribution in [2.24, 2.45) is 5.10 Å². The highest BCUT2D eigenvalue weighted by molar-refractivity contribution is 9.10. The van der Waals surface area contributed by atoms with E-state index in [0.717, 1.165) is 9.35 Å². The second-order valence-corrected chi connectivity index (χ2v) is 8.04. The molecular weight excluding hydrogens is 400 g/mol. The average Bonchev–Trinajstić information content (AvgIpc) is 2.91. The lowest BCUT2D eigenvalue weighted by molar-refractivity contribution is -0.123. The Hall–Kier alpha value is -1.66. The van der Waals surface area contributed by atoms with Crippen molar-refractivity contribution in [2.45, 2.75) is 39.5 Å². The maximum Gasteiger partial charge on any atom is 0.277 e. The highest BCUT2D eigenvalue weighted by Gasteiger charge is 2.06. The molecule has 0 aliphatic carbocycles. The average molecular weight is 423 g/mol. The number of ether oxygens (including phenoxy) is 1. The zero-order valence-electron chi connectivity index (χ0n) is 14.7. The van der Waals surface area contributed by atoms with Crippen molar-refractivity contribution in [2.75, 3.05) is 6.61 Å². The topological polar surface area (TPSA) is 50.7 Å². The van der Waals surface area contributed by atoms with Crippen molar-refractivity contribution < 1.29 is 9.53 Å². The molecule has 1 aromatic heterocycles. The molecule has 0 aliphatic rings. The third kappa shape index (κ3) is 6.29. The van der Waals surface area contributed by atoms with Crippen molar-refractivity contribution in [1.82, 2.24) is 5.43 Å². The summed E-state index contributed by atoms with van der Waals surface area (Å²) in [5, 5.41) is 3.95. The molecule has 0 radical (unpaired) electrons. The summed E-state index contributed by atoms with van der Waals surface area (Å²) in [5.41, 5.74) is 3.77. The first-order valence-electron chi connectivity index (χ1n) is 8.30. The van der Waals surface area contributed by atoms with Crippen molar-refractivity contribution in [3.63, 3.8) is 0 Å². The largest absolute Gasteiger partial charge is 0.484 e. The Bertz CT molecular complexity index is 706. The molecule has 6 heteroatoms. The SMILES string of the molecule is CCCC(C)c1ccc(OCC(=O)NN=Cc2cc(Br)c(C)s2)cc1. The van der Waals surface area contributed by atoms with Crippen LogP contribution in [-0.2, 0) is 4.79 Å². The molecule has 134 valence electrons. The molecule has 0 aliphatic heterocycles. The van der Waals surface area contributed by atoms with Gasteiger partial charge in [0.25, 0.3) is 5.91 Å². The summed E-state index contributed by atoms with van der Waals surface area (Å²) in [6.07, 6.45) is 3.97. The number of hydrogen-bond donors (Lipinski definition) is 1. The van der Waals surface area contributed by atoms with Gasteiger partial charge in [0, 0.05) is 14.2 Å². The monoisotopic (exact) mass is 422 g/mol. The summed E-state index contributed by atoms with van der Waals surface area (Å²) in [5.74, 6) is 0.939. The van der Waals surface area contributed by atoms with Crippen LogP contribution in [0.3, 0.4) is 0 Å². The molecular formula is C19H23BrN2O2S. The quantitative estimate of drug-likeness (QED) is 0.466. The highest BCUT2D eigenvalue weighted by Crippen LogP contribution is 2.25. The fraction of sp³-hybridized carbons (Fsp3) is 0.368. The van der Waals surface area contributed by atoms with Gasteiger partial charge in [-0.25, -0.2) is 5.43 Å². The summed E-state index contributed by atoms with van der Waals surface area (Å²) in [4.78, 5) is 13.9. The van der Waals surface area contributed by atoms with Crippen molar-refractivity contribution in [3.8, 4) is 5.75 Å². The molecule has 1 N–H and O–H groups in total. The van der Waals surface area contributed by atoms with Crippen LogP contribution in [0.2, 0.25) is 0 Å². The zero-order chi connectivity index (χ0) is 18.2. The van der Waals surface area contributed by atoms with Crippen LogP contribution < -0.4 is 10.2 Å². The predicted molar refractivity (Wildman–Crippen MR) is 108 cm³/mol. The number of benzene rings is 1. The molecule has 0 bridgehead atoms. The Balaban J connectivity index is 1.77. The molecule has 1 aromatic carbocycles. The van der Waals surface area contributed by atoms with Crippen LogP contribution in [0.4, 0.5) is 0 Å². The van der Waals surface area contributed by atoms with Gasteiger partial charge >= 0.3 is 0 Å². The van der Waals surface area contributed by atoms with E-state index in [-0.39, 0.29) is 12.5 Å². The van der Waals surface area contributed by atoms with Gasteiger partial charge in [-0.15, -0.1) is 11.3 Å². The molecule has 0 spiro atoms. The number of carbonyl (C=O) groups excluding carboxylic acids is 1. The Morgan fingerprint density at radius 1 is 1.40 bits per heavy atom. The summed E-state index contributed by atoms with van der Waals surface area (Å²) >= 11 is 5.06. The zero-order valence-corrected chi connectivity index (χ0v) is 17.1. The number of hydrogen-bond acceptors (Lipinski definition) is 4. The Labute approximate surface area is 161 Å². The van der Waals surface area contributed by atoms with Crippen molar-refractivity contribution >= 4 is 39.4 Å². The number of carbonyl (C=O) groups is 1. The molecule has 25 heavy (non-hydrogen) atoms. The van der Waals surface area contributed by atoms with E-state index in [1.807, 2.05) is 25.1 Å². The summed E-state index contributed by atoms with van der Waals surface area (Å²) in [6.45, 7) is 6.37. The first-order chi connectivity index (χ1) is 12.0. The van der Waals surface area contributed by atoms with Gasteiger partial charge in [-0.3, -0.25) is 4.79 Å². The number of halogens is 1. The minimum Gasteiger partial charge on any atom is -0.484 e. The molecule has 0 saturated carbocycles. The number of hydrazone groups is 1. The normalized spacial score (nSPS) is 12.3. The molecule has 1 atom stereocenters. The maximum absolute atomic E-state index is 11.8. The molecule has 1 heterocycles. The lowest BCUT2D eigenvalue weighted by Gasteiger charge is -2.11. The van der Waals surface area contributed by atoms with E-state index < -0.39 is 0 Å². The first kappa shape index (κ1) is 19.7. The summed E-state index contributed by atoms with van der Waals surface area (Å²) in [7, 11) is 0. The molecule has 4 nitrogen and oxygen atoms in total. The standard InChI is InChI=1S/C19H23BrN2O2S/c1-4-5-13(2)15-6-8-16(9-7-15)24-12-19(23)22-21-11-17-10-18(20)14(3)25-17/h6-11,13H,4-5,12H2,1-3H3,(H,22,23). The third-order valence-electron chi connectivity index (χ3n) is 3.80. The van der Waals surface area contributed by atoms with Crippen LogP contribution in [0.25, 0.3) is 0 Å². The van der Waals surface area contributed by atoms with E-state index in [1.54, 1.807) is 17.6 Å². The minimum absolute atomic E-state index is 0.0611. The Morgan fingerprint density at radius 2 is 2.12 bits per heavy atom. The first-order valence-corrected chi connectivity index (χ1v) is 9.91. The highest BCUT2D eigenvalue weighted by atomic mass is 79.9. The van der Waals surface area contributed by atoms with Gasteiger partial charge in [0.1, 0.15) is 5.75 Å². The van der Waals surface area contributed by atoms with Crippen LogP contribution in [-0.4, -0.2) is 18.7 Å². The van der Waals surface area contributed by atoms with E-state index >= 15 is 0 Å². The van der Waals surface area contributed by atoms with Crippen LogP contribution in [0.15, 0.2) is 39.9 Å². The number of rotatable bonds is 8. The second kappa shape index (κ2) is 9.73. The number of thiophene rings is 1. The van der Waals surface area contributed by atoms with Gasteiger partial charge in [0.15, 0.2) is 6.61 Å². The predicted octanol–water partition coefficient (Wildman–Crippen LogP) is 5.25. The maximum atomic E-state index is 11.8. The van der Waals surface area contributed by atoms with Gasteiger partial charge in [0.2, 0.25) is 0 Å². The summed E-state index contributed by atoms with van der Waals surface area (Å²) in [6, 6.07) is 9.90. The Kier molecular flexibility index (Phi) is 7.65. The van der Waals surface area contributed by atoms with Gasteiger partial charge < -0.3 is 4.74 Å². The van der Waals surface area contributed by atoms with E-state index in [2.05, 4.69) is 52.4 Å². The van der Waals surface area contributed by atoms with Gasteiger partial charge in [-0.05, 0) is 59.0 Å². The van der Waals surface area contributed by atoms with Gasteiger partial charge in [0.05, 0.1) is 6.21 Å². The number of nitrogens with zero attached hydrogens (tertiary/aromatic N) is 1. The Morgan fingerprint density at radius 3 is 2.72 bits per heavy atom. The second-order valence-electron chi connectivity index (χ2n) is 5.89. The molecule has 0 fully saturated rings. The lowest BCUT2D eigenvalue weighted by Crippen LogP contribution is -2.24. The van der Waals surface area contributed by atoms with E-state index in [9.17, 15) is 4.79 Å². The number of nitrogens with one attached hydrogen (secondary N) is 1. The molecule has 2 rings (SSSR count). The lowest BCUT2D eigenvalue weighted by atomic mass is 9.97. The molecule has 1 unspecified atom stereocenters. The van der Waals surface area contributed by atoms with Crippen LogP contribution in [0.1, 0.15) is 47.9 Å². The summed E-state index contributed by atoms with van der Waals surface area (Å²) < 4.78 is 6.54. The molecule has 0 saturated heterocycles. The van der Waals surface area contributed by atoms with Crippen molar-refractivity contribution in [3.05, 3.63) is 50.1 Å². The minimum atomic E-state index is -0.285. The van der Waals surface area contributed by atoms with Crippen LogP contribution >= 0.6 is 27.3 Å². The smallest absolute Gasteiger partial charge is 0.277 e. The number of amides is 1. The third-order valence-corrected chi connectivity index (χ3v) is 5.87. The van der Waals surface area contributed by atoms with Crippen molar-refractivity contribution in [1.29, 1.82) is 0 Å². The number of aryl methyl sites for hydroxylation is 1. The fourth-order valence-electron chi connectivity index (χ4n) is 2.39. The van der Waals surface area contributed by atoms with Crippen LogP contribution in [0, 0.1) is 6.92 Å². The fourth-order valence-corrected chi connectivity index (χ4v) is 3.82. The van der Waals surface area contributed by atoms with Crippen LogP contribution in [0.5, 0.6) is 5.75 Å². The van der Waals surface area contributed by atoms with E-state index in [4.69, 9.17) is 4.74 Å². The van der Waals surface area contributed by atoms with E-state index in [0.29, 0.717) is 11.7 Å². The van der Waals surface area contributed by atoms with Gasteiger partial charge in [-0.2, -0.15) is 5.10 Å². The van der Waals surface area contributed by atoms with Gasteiger partial charge in [-0.1, -0.05) is 32.4 Å². The molecule has 2 aromatic rings.